The first-order valence-corrected chi connectivity index (χ1v) is 6.64. The summed E-state index contributed by atoms with van der Waals surface area (Å²) in [4.78, 5) is 4.28. The quantitative estimate of drug-likeness (QED) is 0.367. The number of pyridine rings is 1. The van der Waals surface area contributed by atoms with Gasteiger partial charge < -0.3 is 4.98 Å². The summed E-state index contributed by atoms with van der Waals surface area (Å²) in [5.74, 6) is -3.10. The third-order valence-corrected chi connectivity index (χ3v) is 3.31. The zero-order chi connectivity index (χ0) is 15.7. The van der Waals surface area contributed by atoms with Gasteiger partial charge in [0.2, 0.25) is 0 Å². The summed E-state index contributed by atoms with van der Waals surface area (Å²) in [5, 5.41) is 0. The van der Waals surface area contributed by atoms with E-state index in [0.29, 0.717) is 22.9 Å². The van der Waals surface area contributed by atoms with Crippen molar-refractivity contribution in [1.82, 2.24) is 4.98 Å². The molecule has 0 saturated heterocycles. The first kappa shape index (κ1) is 17.4. The largest absolute Gasteiger partial charge is 0.304 e. The molecule has 1 radical (unpaired) electrons. The maximum absolute atomic E-state index is 13.9. The minimum absolute atomic E-state index is 0. The van der Waals surface area contributed by atoms with E-state index >= 15 is 0 Å². The molecule has 0 aliphatic heterocycles. The molecule has 0 atom stereocenters. The molecule has 1 aromatic heterocycles. The van der Waals surface area contributed by atoms with Gasteiger partial charge in [-0.1, -0.05) is 17.7 Å². The van der Waals surface area contributed by atoms with Crippen LogP contribution in [0.25, 0.3) is 22.4 Å². The Hall–Kier alpha value is -1.97. The van der Waals surface area contributed by atoms with E-state index in [4.69, 9.17) is 0 Å². The van der Waals surface area contributed by atoms with Crippen LogP contribution in [-0.4, -0.2) is 4.98 Å². The van der Waals surface area contributed by atoms with Gasteiger partial charge in [-0.05, 0) is 24.2 Å². The number of nitrogens with zero attached hydrogens (tertiary/aromatic N) is 1. The maximum Gasteiger partial charge on any atom is 0.161 e. The minimum atomic E-state index is -1.20. The molecule has 0 fully saturated rings. The fourth-order valence-electron chi connectivity index (χ4n) is 2.15. The van der Waals surface area contributed by atoms with E-state index in [0.717, 1.165) is 11.6 Å². The molecule has 3 rings (SSSR count). The van der Waals surface area contributed by atoms with Gasteiger partial charge in [-0.15, -0.1) is 29.8 Å². The number of hydrogen-bond acceptors (Lipinski definition) is 1. The van der Waals surface area contributed by atoms with E-state index in [2.05, 4.69) is 11.1 Å². The molecule has 0 aliphatic carbocycles. The van der Waals surface area contributed by atoms with Crippen molar-refractivity contribution in [2.75, 3.05) is 0 Å². The van der Waals surface area contributed by atoms with Gasteiger partial charge >= 0.3 is 0 Å². The number of aryl methyl sites for hydroxylation is 1. The van der Waals surface area contributed by atoms with Gasteiger partial charge in [0.25, 0.3) is 0 Å². The maximum atomic E-state index is 13.9. The van der Waals surface area contributed by atoms with Crippen LogP contribution in [0.4, 0.5) is 13.2 Å². The van der Waals surface area contributed by atoms with E-state index in [-0.39, 0.29) is 25.7 Å². The van der Waals surface area contributed by atoms with Crippen LogP contribution in [0.2, 0.25) is 0 Å². The van der Waals surface area contributed by atoms with E-state index in [1.165, 1.54) is 0 Å². The normalized spacial score (nSPS) is 10.3. The number of benzene rings is 2. The molecule has 1 nitrogen and oxygen atoms in total. The van der Waals surface area contributed by atoms with E-state index < -0.39 is 17.5 Å². The summed E-state index contributed by atoms with van der Waals surface area (Å²) in [6.45, 7) is 1.92. The Kier molecular flexibility index (Phi) is 5.34. The van der Waals surface area contributed by atoms with Gasteiger partial charge in [0.05, 0.1) is 0 Å². The first-order valence-electron chi connectivity index (χ1n) is 6.64. The van der Waals surface area contributed by atoms with Gasteiger partial charge in [0.1, 0.15) is 5.82 Å². The molecule has 0 spiro atoms. The molecule has 3 aromatic rings. The zero-order valence-corrected chi connectivity index (χ0v) is 14.4. The summed E-state index contributed by atoms with van der Waals surface area (Å²) in [6.07, 6.45) is 1.72. The first-order chi connectivity index (χ1) is 10.5. The Morgan fingerprint density at radius 3 is 2.35 bits per heavy atom. The molecule has 2 aromatic carbocycles. The minimum Gasteiger partial charge on any atom is -0.304 e. The Morgan fingerprint density at radius 1 is 0.913 bits per heavy atom. The fourth-order valence-corrected chi connectivity index (χ4v) is 2.15. The monoisotopic (exact) mass is 491 g/mol. The van der Waals surface area contributed by atoms with Gasteiger partial charge in [0, 0.05) is 37.9 Å². The van der Waals surface area contributed by atoms with Crippen molar-refractivity contribution in [2.24, 2.45) is 0 Å². The van der Waals surface area contributed by atoms with Crippen molar-refractivity contribution in [2.45, 2.75) is 6.92 Å². The average Bonchev–Trinajstić information content (AvgIpc) is 2.52. The molecule has 0 aliphatic rings. The molecule has 0 bridgehead atoms. The van der Waals surface area contributed by atoms with Crippen LogP contribution in [0, 0.1) is 30.4 Å². The SMILES string of the molecule is Cc1ccc(-c2[c-]ccc(-c3cc(F)c(F)cc3F)c2)nc1.[Ir]. The van der Waals surface area contributed by atoms with E-state index in [1.54, 1.807) is 24.4 Å². The summed E-state index contributed by atoms with van der Waals surface area (Å²) >= 11 is 0. The Balaban J connectivity index is 0.00000192. The Morgan fingerprint density at radius 2 is 1.65 bits per heavy atom. The number of aromatic nitrogens is 1. The summed E-state index contributed by atoms with van der Waals surface area (Å²) in [5.41, 5.74) is 2.79. The molecule has 0 N–H and O–H groups in total. The van der Waals surface area contributed by atoms with Crippen LogP contribution in [0.3, 0.4) is 0 Å². The van der Waals surface area contributed by atoms with Gasteiger partial charge in [-0.2, -0.15) is 0 Å². The van der Waals surface area contributed by atoms with Crippen LogP contribution in [0.15, 0.2) is 48.7 Å². The van der Waals surface area contributed by atoms with Crippen LogP contribution >= 0.6 is 0 Å². The predicted molar refractivity (Wildman–Crippen MR) is 78.6 cm³/mol. The van der Waals surface area contributed by atoms with Crippen LogP contribution in [0.5, 0.6) is 0 Å². The number of hydrogen-bond donors (Lipinski definition) is 0. The molecule has 0 amide bonds. The fraction of sp³-hybridized carbons (Fsp3) is 0.0556. The van der Waals surface area contributed by atoms with Gasteiger partial charge in [-0.25, -0.2) is 13.2 Å². The van der Waals surface area contributed by atoms with Crippen molar-refractivity contribution in [3.05, 3.63) is 77.7 Å². The Labute approximate surface area is 145 Å². The number of rotatable bonds is 2. The average molecular weight is 491 g/mol. The molecule has 1 heterocycles. The standard InChI is InChI=1S/C18H11F3N.Ir/c1-11-5-6-18(22-10-11)13-4-2-3-12(7-13)14-8-16(20)17(21)9-15(14)19;/h2-3,5-10H,1H3;/q-1;. The second-order valence-electron chi connectivity index (χ2n) is 4.96. The molecular weight excluding hydrogens is 479 g/mol. The van der Waals surface area contributed by atoms with Crippen molar-refractivity contribution in [3.63, 3.8) is 0 Å². The summed E-state index contributed by atoms with van der Waals surface area (Å²) in [7, 11) is 0. The van der Waals surface area contributed by atoms with Gasteiger partial charge in [0.15, 0.2) is 11.6 Å². The number of halogens is 3. The van der Waals surface area contributed by atoms with Crippen LogP contribution in [0.1, 0.15) is 5.56 Å². The third kappa shape index (κ3) is 3.69. The van der Waals surface area contributed by atoms with Crippen molar-refractivity contribution in [3.8, 4) is 22.4 Å². The molecule has 0 unspecified atom stereocenters. The molecule has 119 valence electrons. The molecular formula is C18H11F3IrN-. The van der Waals surface area contributed by atoms with E-state index in [1.807, 2.05) is 19.1 Å². The summed E-state index contributed by atoms with van der Waals surface area (Å²) < 4.78 is 40.2. The van der Waals surface area contributed by atoms with Crippen molar-refractivity contribution in [1.29, 1.82) is 0 Å². The second kappa shape index (κ2) is 7.07. The second-order valence-corrected chi connectivity index (χ2v) is 4.96. The Bertz CT molecular complexity index is 832. The zero-order valence-electron chi connectivity index (χ0n) is 12.0. The van der Waals surface area contributed by atoms with E-state index in [9.17, 15) is 13.2 Å². The van der Waals surface area contributed by atoms with Crippen LogP contribution < -0.4 is 0 Å². The topological polar surface area (TPSA) is 12.9 Å². The third-order valence-electron chi connectivity index (χ3n) is 3.31. The van der Waals surface area contributed by atoms with Crippen molar-refractivity contribution >= 4 is 0 Å². The van der Waals surface area contributed by atoms with Crippen LogP contribution in [-0.2, 0) is 20.1 Å². The molecule has 5 heteroatoms. The summed E-state index contributed by atoms with van der Waals surface area (Å²) in [6, 6.07) is 13.0. The smallest absolute Gasteiger partial charge is 0.161 e. The van der Waals surface area contributed by atoms with Gasteiger partial charge in [-0.3, -0.25) is 0 Å². The predicted octanol–water partition coefficient (Wildman–Crippen LogP) is 4.94. The van der Waals surface area contributed by atoms with Crippen molar-refractivity contribution < 1.29 is 33.3 Å². The molecule has 23 heavy (non-hydrogen) atoms. The molecule has 0 saturated carbocycles.